The second-order valence-electron chi connectivity index (χ2n) is 3.74. The third kappa shape index (κ3) is 3.18. The Balaban J connectivity index is 2.26. The van der Waals surface area contributed by atoms with Gasteiger partial charge in [-0.1, -0.05) is 11.2 Å². The number of aromatic nitrogens is 1. The first-order valence-electron chi connectivity index (χ1n) is 5.60. The van der Waals surface area contributed by atoms with Crippen LogP contribution in [0.5, 0.6) is 17.4 Å². The lowest BCUT2D eigenvalue weighted by molar-refractivity contribution is 0.318. The normalized spacial score (nSPS) is 11.2. The molecule has 1 aromatic carbocycles. The number of hydrogen-bond donors (Lipinski definition) is 2. The van der Waals surface area contributed by atoms with E-state index in [0.717, 1.165) is 4.47 Å². The van der Waals surface area contributed by atoms with Gasteiger partial charge in [0.25, 0.3) is 0 Å². The van der Waals surface area contributed by atoms with Crippen LogP contribution in [0.2, 0.25) is 0 Å². The summed E-state index contributed by atoms with van der Waals surface area (Å²) in [4.78, 5) is 4.13. The minimum atomic E-state index is -0.0794. The molecular weight excluding hydrogens is 326 g/mol. The number of oxime groups is 1. The SMILES string of the molecule is COc1ccc(Oc2cccc(/C(N)=N/O)n2)c(Br)c1. The molecule has 0 fully saturated rings. The van der Waals surface area contributed by atoms with Gasteiger partial charge in [-0.15, -0.1) is 0 Å². The molecule has 3 N–H and O–H groups in total. The van der Waals surface area contributed by atoms with E-state index in [1.54, 1.807) is 43.5 Å². The molecular formula is C13H12BrN3O3. The molecule has 104 valence electrons. The standard InChI is InChI=1S/C13H12BrN3O3/c1-19-8-5-6-11(9(14)7-8)20-12-4-2-3-10(16-12)13(15)17-18/h2-7,18H,1H3,(H2,15,17). The van der Waals surface area contributed by atoms with Crippen molar-refractivity contribution in [2.24, 2.45) is 10.9 Å². The lowest BCUT2D eigenvalue weighted by atomic mass is 10.3. The summed E-state index contributed by atoms with van der Waals surface area (Å²) in [5.41, 5.74) is 5.81. The highest BCUT2D eigenvalue weighted by atomic mass is 79.9. The molecule has 0 unspecified atom stereocenters. The van der Waals surface area contributed by atoms with Crippen LogP contribution in [0.1, 0.15) is 5.69 Å². The number of hydrogen-bond acceptors (Lipinski definition) is 5. The first-order valence-corrected chi connectivity index (χ1v) is 6.39. The minimum Gasteiger partial charge on any atom is -0.497 e. The molecule has 2 rings (SSSR count). The summed E-state index contributed by atoms with van der Waals surface area (Å²) in [6, 6.07) is 10.3. The van der Waals surface area contributed by atoms with Crippen LogP contribution < -0.4 is 15.2 Å². The predicted molar refractivity (Wildman–Crippen MR) is 77.5 cm³/mol. The molecule has 0 saturated carbocycles. The van der Waals surface area contributed by atoms with Crippen LogP contribution in [0.4, 0.5) is 0 Å². The molecule has 0 atom stereocenters. The summed E-state index contributed by atoms with van der Waals surface area (Å²) in [6.07, 6.45) is 0. The molecule has 0 aliphatic carbocycles. The van der Waals surface area contributed by atoms with Gasteiger partial charge in [-0.2, -0.15) is 0 Å². The zero-order chi connectivity index (χ0) is 14.5. The zero-order valence-electron chi connectivity index (χ0n) is 10.6. The number of halogens is 1. The van der Waals surface area contributed by atoms with Crippen molar-refractivity contribution in [3.05, 3.63) is 46.6 Å². The number of methoxy groups -OCH3 is 1. The van der Waals surface area contributed by atoms with Crippen LogP contribution in [0.15, 0.2) is 46.0 Å². The molecule has 0 aliphatic rings. The van der Waals surface area contributed by atoms with Gasteiger partial charge in [0.15, 0.2) is 5.84 Å². The highest BCUT2D eigenvalue weighted by Crippen LogP contribution is 2.32. The summed E-state index contributed by atoms with van der Waals surface area (Å²) < 4.78 is 11.5. The maximum atomic E-state index is 8.63. The largest absolute Gasteiger partial charge is 0.497 e. The van der Waals surface area contributed by atoms with Crippen molar-refractivity contribution in [3.63, 3.8) is 0 Å². The molecule has 6 nitrogen and oxygen atoms in total. The fraction of sp³-hybridized carbons (Fsp3) is 0.0769. The summed E-state index contributed by atoms with van der Waals surface area (Å²) in [5.74, 6) is 1.54. The van der Waals surface area contributed by atoms with Gasteiger partial charge in [0.1, 0.15) is 17.2 Å². The van der Waals surface area contributed by atoms with Gasteiger partial charge in [-0.25, -0.2) is 4.98 Å². The Bertz CT molecular complexity index is 647. The van der Waals surface area contributed by atoms with Crippen molar-refractivity contribution in [3.8, 4) is 17.4 Å². The van der Waals surface area contributed by atoms with Crippen LogP contribution in [-0.2, 0) is 0 Å². The van der Waals surface area contributed by atoms with E-state index in [0.29, 0.717) is 23.1 Å². The number of ether oxygens (including phenoxy) is 2. The van der Waals surface area contributed by atoms with E-state index in [4.69, 9.17) is 20.4 Å². The maximum absolute atomic E-state index is 8.63. The van der Waals surface area contributed by atoms with Crippen molar-refractivity contribution < 1.29 is 14.7 Å². The fourth-order valence-corrected chi connectivity index (χ4v) is 1.91. The molecule has 20 heavy (non-hydrogen) atoms. The van der Waals surface area contributed by atoms with Crippen LogP contribution in [-0.4, -0.2) is 23.1 Å². The van der Waals surface area contributed by atoms with E-state index in [2.05, 4.69) is 26.1 Å². The van der Waals surface area contributed by atoms with Gasteiger partial charge in [-0.05, 0) is 40.2 Å². The number of nitrogens with zero attached hydrogens (tertiary/aromatic N) is 2. The molecule has 0 bridgehead atoms. The van der Waals surface area contributed by atoms with Gasteiger partial charge in [0.05, 0.1) is 11.6 Å². The van der Waals surface area contributed by atoms with E-state index < -0.39 is 0 Å². The van der Waals surface area contributed by atoms with Gasteiger partial charge in [-0.3, -0.25) is 0 Å². The number of pyridine rings is 1. The monoisotopic (exact) mass is 337 g/mol. The molecule has 0 saturated heterocycles. The number of benzene rings is 1. The average Bonchev–Trinajstić information content (AvgIpc) is 2.48. The predicted octanol–water partition coefficient (Wildman–Crippen LogP) is 2.74. The average molecular weight is 338 g/mol. The third-order valence-corrected chi connectivity index (χ3v) is 3.07. The molecule has 0 spiro atoms. The highest BCUT2D eigenvalue weighted by Gasteiger charge is 2.07. The summed E-state index contributed by atoms with van der Waals surface area (Å²) in [5, 5.41) is 11.5. The Labute approximate surface area is 124 Å². The smallest absolute Gasteiger partial charge is 0.219 e. The van der Waals surface area contributed by atoms with Gasteiger partial charge in [0.2, 0.25) is 5.88 Å². The van der Waals surface area contributed by atoms with E-state index in [1.165, 1.54) is 0 Å². The molecule has 2 aromatic rings. The van der Waals surface area contributed by atoms with Gasteiger partial charge >= 0.3 is 0 Å². The van der Waals surface area contributed by atoms with Gasteiger partial charge in [0, 0.05) is 6.07 Å². The summed E-state index contributed by atoms with van der Waals surface area (Å²) in [7, 11) is 1.59. The molecule has 0 amide bonds. The van der Waals surface area contributed by atoms with Crippen molar-refractivity contribution >= 4 is 21.8 Å². The molecule has 1 aromatic heterocycles. The van der Waals surface area contributed by atoms with E-state index in [9.17, 15) is 0 Å². The Morgan fingerprint density at radius 2 is 2.15 bits per heavy atom. The Morgan fingerprint density at radius 3 is 2.80 bits per heavy atom. The first kappa shape index (κ1) is 14.1. The summed E-state index contributed by atoms with van der Waals surface area (Å²) in [6.45, 7) is 0. The number of rotatable bonds is 4. The molecule has 0 radical (unpaired) electrons. The quantitative estimate of drug-likeness (QED) is 0.387. The fourth-order valence-electron chi connectivity index (χ4n) is 1.47. The Hall–Kier alpha value is -2.28. The molecule has 0 aliphatic heterocycles. The third-order valence-electron chi connectivity index (χ3n) is 2.45. The minimum absolute atomic E-state index is 0.0794. The Morgan fingerprint density at radius 1 is 1.35 bits per heavy atom. The number of amidine groups is 1. The van der Waals surface area contributed by atoms with Crippen molar-refractivity contribution in [2.75, 3.05) is 7.11 Å². The Kier molecular flexibility index (Phi) is 4.41. The van der Waals surface area contributed by atoms with Crippen molar-refractivity contribution in [1.29, 1.82) is 0 Å². The number of nitrogens with two attached hydrogens (primary N) is 1. The van der Waals surface area contributed by atoms with Crippen molar-refractivity contribution in [1.82, 2.24) is 4.98 Å². The lowest BCUT2D eigenvalue weighted by Crippen LogP contribution is -2.14. The highest BCUT2D eigenvalue weighted by molar-refractivity contribution is 9.10. The summed E-state index contributed by atoms with van der Waals surface area (Å²) >= 11 is 3.39. The topological polar surface area (TPSA) is 90.0 Å². The van der Waals surface area contributed by atoms with Crippen LogP contribution in [0, 0.1) is 0 Å². The second kappa shape index (κ2) is 6.25. The van der Waals surface area contributed by atoms with E-state index >= 15 is 0 Å². The van der Waals surface area contributed by atoms with E-state index in [-0.39, 0.29) is 5.84 Å². The van der Waals surface area contributed by atoms with Crippen LogP contribution in [0.25, 0.3) is 0 Å². The first-order chi connectivity index (χ1) is 9.63. The van der Waals surface area contributed by atoms with E-state index in [1.807, 2.05) is 0 Å². The zero-order valence-corrected chi connectivity index (χ0v) is 12.2. The second-order valence-corrected chi connectivity index (χ2v) is 4.60. The molecule has 1 heterocycles. The maximum Gasteiger partial charge on any atom is 0.219 e. The van der Waals surface area contributed by atoms with Crippen LogP contribution >= 0.6 is 15.9 Å². The van der Waals surface area contributed by atoms with Crippen LogP contribution in [0.3, 0.4) is 0 Å². The van der Waals surface area contributed by atoms with Gasteiger partial charge < -0.3 is 20.4 Å². The molecule has 7 heteroatoms. The lowest BCUT2D eigenvalue weighted by Gasteiger charge is -2.09. The van der Waals surface area contributed by atoms with Crippen molar-refractivity contribution in [2.45, 2.75) is 0 Å².